The third kappa shape index (κ3) is 3.61. The number of β-amino-alcohol motifs (C(OH)–C–C–N with tert-alkyl or cyclic N) is 1. The first-order valence-electron chi connectivity index (χ1n) is 6.76. The normalized spacial score (nSPS) is 24.9. The standard InChI is InChI=1S/C14H19NO5S/c1-10(11-5-3-2-4-6-11)9-21(19,20)15-8-12(16)7-13(15)14(17)18/h2-6,10,12-13,16H,7-9H2,1H3,(H,17,18)/t10?,12?,13-/m0/s1. The molecular formula is C14H19NO5S. The summed E-state index contributed by atoms with van der Waals surface area (Å²) in [4.78, 5) is 11.1. The first-order chi connectivity index (χ1) is 9.81. The topological polar surface area (TPSA) is 94.9 Å². The number of carboxylic acid groups (broad SMARTS) is 1. The molecule has 0 aliphatic carbocycles. The monoisotopic (exact) mass is 313 g/mol. The maximum absolute atomic E-state index is 12.4. The van der Waals surface area contributed by atoms with Crippen molar-refractivity contribution in [3.8, 4) is 0 Å². The van der Waals surface area contributed by atoms with Crippen LogP contribution in [0.25, 0.3) is 0 Å². The van der Waals surface area contributed by atoms with E-state index < -0.39 is 28.1 Å². The minimum Gasteiger partial charge on any atom is -0.480 e. The van der Waals surface area contributed by atoms with Crippen molar-refractivity contribution in [3.63, 3.8) is 0 Å². The van der Waals surface area contributed by atoms with Crippen molar-refractivity contribution in [2.24, 2.45) is 0 Å². The van der Waals surface area contributed by atoms with Gasteiger partial charge < -0.3 is 10.2 Å². The lowest BCUT2D eigenvalue weighted by Gasteiger charge is -2.23. The zero-order valence-electron chi connectivity index (χ0n) is 11.7. The summed E-state index contributed by atoms with van der Waals surface area (Å²) < 4.78 is 25.8. The van der Waals surface area contributed by atoms with Crippen molar-refractivity contribution in [3.05, 3.63) is 35.9 Å². The molecule has 2 N–H and O–H groups in total. The Labute approximate surface area is 124 Å². The molecule has 2 rings (SSSR count). The molecule has 0 spiro atoms. The van der Waals surface area contributed by atoms with E-state index >= 15 is 0 Å². The van der Waals surface area contributed by atoms with E-state index in [1.54, 1.807) is 6.92 Å². The van der Waals surface area contributed by atoms with Crippen molar-refractivity contribution in [1.82, 2.24) is 4.31 Å². The summed E-state index contributed by atoms with van der Waals surface area (Å²) in [5.41, 5.74) is 0.882. The molecule has 0 radical (unpaired) electrons. The molecule has 1 heterocycles. The van der Waals surface area contributed by atoms with Crippen molar-refractivity contribution in [2.45, 2.75) is 31.4 Å². The molecule has 1 aromatic carbocycles. The molecule has 6 nitrogen and oxygen atoms in total. The van der Waals surface area contributed by atoms with Crippen LogP contribution in [0.5, 0.6) is 0 Å². The Morgan fingerprint density at radius 2 is 2.00 bits per heavy atom. The number of rotatable bonds is 5. The van der Waals surface area contributed by atoms with Crippen LogP contribution in [0, 0.1) is 0 Å². The number of aliphatic hydroxyl groups excluding tert-OH is 1. The summed E-state index contributed by atoms with van der Waals surface area (Å²) in [7, 11) is -3.74. The highest BCUT2D eigenvalue weighted by molar-refractivity contribution is 7.89. The predicted octanol–water partition coefficient (Wildman–Crippen LogP) is 0.640. The molecule has 1 aliphatic rings. The first kappa shape index (κ1) is 15.9. The summed E-state index contributed by atoms with van der Waals surface area (Å²) in [6.07, 6.45) is -0.984. The molecule has 0 aromatic heterocycles. The molecule has 0 saturated carbocycles. The second kappa shape index (κ2) is 6.13. The summed E-state index contributed by atoms with van der Waals surface area (Å²) >= 11 is 0. The van der Waals surface area contributed by atoms with Crippen LogP contribution in [-0.2, 0) is 14.8 Å². The predicted molar refractivity (Wildman–Crippen MR) is 77.4 cm³/mol. The van der Waals surface area contributed by atoms with E-state index in [9.17, 15) is 18.3 Å². The van der Waals surface area contributed by atoms with Gasteiger partial charge in [-0.1, -0.05) is 37.3 Å². The molecule has 1 aromatic rings. The van der Waals surface area contributed by atoms with E-state index in [1.165, 1.54) is 0 Å². The Morgan fingerprint density at radius 1 is 1.38 bits per heavy atom. The van der Waals surface area contributed by atoms with Crippen LogP contribution in [0.2, 0.25) is 0 Å². The smallest absolute Gasteiger partial charge is 0.322 e. The average Bonchev–Trinajstić information content (AvgIpc) is 2.82. The Balaban J connectivity index is 2.16. The van der Waals surface area contributed by atoms with Gasteiger partial charge in [0, 0.05) is 13.0 Å². The van der Waals surface area contributed by atoms with E-state index in [4.69, 9.17) is 5.11 Å². The van der Waals surface area contributed by atoms with Crippen molar-refractivity contribution < 1.29 is 23.4 Å². The van der Waals surface area contributed by atoms with Crippen LogP contribution in [0.1, 0.15) is 24.8 Å². The van der Waals surface area contributed by atoms with Gasteiger partial charge in [-0.2, -0.15) is 4.31 Å². The summed E-state index contributed by atoms with van der Waals surface area (Å²) in [6.45, 7) is 1.63. The minimum atomic E-state index is -3.74. The molecule has 0 amide bonds. The van der Waals surface area contributed by atoms with Crippen LogP contribution >= 0.6 is 0 Å². The Bertz CT molecular complexity index is 601. The molecular weight excluding hydrogens is 294 g/mol. The fraction of sp³-hybridized carbons (Fsp3) is 0.500. The highest BCUT2D eigenvalue weighted by Crippen LogP contribution is 2.25. The van der Waals surface area contributed by atoms with Gasteiger partial charge in [0.25, 0.3) is 0 Å². The quantitative estimate of drug-likeness (QED) is 0.832. The van der Waals surface area contributed by atoms with Crippen molar-refractivity contribution >= 4 is 16.0 Å². The Morgan fingerprint density at radius 3 is 2.57 bits per heavy atom. The highest BCUT2D eigenvalue weighted by atomic mass is 32.2. The molecule has 2 unspecified atom stereocenters. The third-order valence-electron chi connectivity index (χ3n) is 3.71. The fourth-order valence-electron chi connectivity index (χ4n) is 2.61. The maximum Gasteiger partial charge on any atom is 0.322 e. The number of carbonyl (C=O) groups is 1. The van der Waals surface area contributed by atoms with Gasteiger partial charge in [-0.05, 0) is 11.5 Å². The molecule has 7 heteroatoms. The zero-order chi connectivity index (χ0) is 15.6. The largest absolute Gasteiger partial charge is 0.480 e. The summed E-state index contributed by atoms with van der Waals surface area (Å²) in [5, 5.41) is 18.7. The lowest BCUT2D eigenvalue weighted by Crippen LogP contribution is -2.42. The van der Waals surface area contributed by atoms with E-state index in [0.29, 0.717) is 0 Å². The van der Waals surface area contributed by atoms with E-state index in [-0.39, 0.29) is 24.6 Å². The van der Waals surface area contributed by atoms with Gasteiger partial charge in [0.15, 0.2) is 0 Å². The highest BCUT2D eigenvalue weighted by Gasteiger charge is 2.43. The van der Waals surface area contributed by atoms with E-state index in [2.05, 4.69) is 0 Å². The van der Waals surface area contributed by atoms with Gasteiger partial charge in [-0.3, -0.25) is 4.79 Å². The number of sulfonamides is 1. The van der Waals surface area contributed by atoms with Gasteiger partial charge in [0.05, 0.1) is 11.9 Å². The molecule has 1 aliphatic heterocycles. The van der Waals surface area contributed by atoms with Crippen LogP contribution in [0.4, 0.5) is 0 Å². The van der Waals surface area contributed by atoms with E-state index in [1.807, 2.05) is 30.3 Å². The van der Waals surface area contributed by atoms with Crippen LogP contribution in [0.3, 0.4) is 0 Å². The SMILES string of the molecule is CC(CS(=O)(=O)N1CC(O)C[C@H]1C(=O)O)c1ccccc1. The Kier molecular flexibility index (Phi) is 4.65. The third-order valence-corrected chi connectivity index (χ3v) is 5.74. The summed E-state index contributed by atoms with van der Waals surface area (Å²) in [5.74, 6) is -1.64. The zero-order valence-corrected chi connectivity index (χ0v) is 12.5. The van der Waals surface area contributed by atoms with E-state index in [0.717, 1.165) is 9.87 Å². The molecule has 116 valence electrons. The van der Waals surface area contributed by atoms with Crippen LogP contribution < -0.4 is 0 Å². The minimum absolute atomic E-state index is 0.0612. The number of hydrogen-bond donors (Lipinski definition) is 2. The fourth-order valence-corrected chi connectivity index (χ4v) is 4.58. The number of nitrogens with zero attached hydrogens (tertiary/aromatic N) is 1. The van der Waals surface area contributed by atoms with Crippen molar-refractivity contribution in [1.29, 1.82) is 0 Å². The van der Waals surface area contributed by atoms with Gasteiger partial charge in [-0.25, -0.2) is 8.42 Å². The molecule has 21 heavy (non-hydrogen) atoms. The lowest BCUT2D eigenvalue weighted by molar-refractivity contribution is -0.140. The number of hydrogen-bond acceptors (Lipinski definition) is 4. The van der Waals surface area contributed by atoms with Crippen LogP contribution in [-0.4, -0.2) is 53.3 Å². The van der Waals surface area contributed by atoms with Gasteiger partial charge in [0.2, 0.25) is 10.0 Å². The Hall–Kier alpha value is -1.44. The second-order valence-electron chi connectivity index (χ2n) is 5.40. The van der Waals surface area contributed by atoms with Crippen molar-refractivity contribution in [2.75, 3.05) is 12.3 Å². The molecule has 1 saturated heterocycles. The number of aliphatic carboxylic acids is 1. The van der Waals surface area contributed by atoms with Gasteiger partial charge in [0.1, 0.15) is 6.04 Å². The molecule has 1 fully saturated rings. The number of aliphatic hydroxyl groups is 1. The molecule has 3 atom stereocenters. The summed E-state index contributed by atoms with van der Waals surface area (Å²) in [6, 6.07) is 8.02. The second-order valence-corrected chi connectivity index (χ2v) is 7.37. The van der Waals surface area contributed by atoms with Gasteiger partial charge >= 0.3 is 5.97 Å². The van der Waals surface area contributed by atoms with Gasteiger partial charge in [-0.15, -0.1) is 0 Å². The maximum atomic E-state index is 12.4. The molecule has 0 bridgehead atoms. The first-order valence-corrected chi connectivity index (χ1v) is 8.37. The number of carboxylic acids is 1. The lowest BCUT2D eigenvalue weighted by atomic mass is 10.0. The average molecular weight is 313 g/mol. The van der Waals surface area contributed by atoms with Crippen LogP contribution in [0.15, 0.2) is 30.3 Å². The number of benzene rings is 1.